The molecule has 1 fully saturated rings. The van der Waals surface area contributed by atoms with Crippen LogP contribution < -0.4 is 10.1 Å². The van der Waals surface area contributed by atoms with Crippen molar-refractivity contribution in [2.75, 3.05) is 19.7 Å². The van der Waals surface area contributed by atoms with Gasteiger partial charge in [0.1, 0.15) is 6.04 Å². The van der Waals surface area contributed by atoms with Crippen LogP contribution in [0.25, 0.3) is 0 Å². The zero-order valence-corrected chi connectivity index (χ0v) is 13.2. The lowest BCUT2D eigenvalue weighted by Crippen LogP contribution is -2.57. The van der Waals surface area contributed by atoms with Crippen molar-refractivity contribution in [2.45, 2.75) is 19.4 Å². The Balaban J connectivity index is 1.99. The van der Waals surface area contributed by atoms with E-state index in [2.05, 4.69) is 21.2 Å². The Labute approximate surface area is 130 Å². The molecule has 0 aliphatic carbocycles. The van der Waals surface area contributed by atoms with Crippen LogP contribution in [0.2, 0.25) is 0 Å². The highest BCUT2D eigenvalue weighted by atomic mass is 79.9. The van der Waals surface area contributed by atoms with Crippen LogP contribution in [0.4, 0.5) is 4.39 Å². The molecule has 0 radical (unpaired) electrons. The summed E-state index contributed by atoms with van der Waals surface area (Å²) in [6, 6.07) is 3.87. The average molecular weight is 359 g/mol. The Kier molecular flexibility index (Phi) is 5.17. The number of nitrogens with one attached hydrogen (secondary N) is 1. The maximum absolute atomic E-state index is 13.6. The van der Waals surface area contributed by atoms with E-state index >= 15 is 0 Å². The molecular formula is C14H16BrFN2O3. The van der Waals surface area contributed by atoms with Gasteiger partial charge in [-0.2, -0.15) is 0 Å². The lowest BCUT2D eigenvalue weighted by Gasteiger charge is -2.34. The molecule has 1 aromatic rings. The molecule has 0 bridgehead atoms. The summed E-state index contributed by atoms with van der Waals surface area (Å²) in [5, 5.41) is 2.72. The Hall–Kier alpha value is -1.63. The second-order valence-electron chi connectivity index (χ2n) is 4.67. The molecule has 1 aromatic carbocycles. The van der Waals surface area contributed by atoms with Crippen molar-refractivity contribution in [1.29, 1.82) is 0 Å². The average Bonchev–Trinajstić information content (AvgIpc) is 2.45. The van der Waals surface area contributed by atoms with E-state index in [0.717, 1.165) is 0 Å². The fraction of sp³-hybridized carbons (Fsp3) is 0.429. The number of piperazine rings is 1. The summed E-state index contributed by atoms with van der Waals surface area (Å²) in [6.45, 7) is 2.41. The fourth-order valence-corrected chi connectivity index (χ4v) is 2.57. The molecule has 7 heteroatoms. The maximum Gasteiger partial charge on any atom is 0.261 e. The van der Waals surface area contributed by atoms with Crippen molar-refractivity contribution >= 4 is 27.7 Å². The molecule has 21 heavy (non-hydrogen) atoms. The Morgan fingerprint density at radius 3 is 3.00 bits per heavy atom. The molecule has 0 saturated carbocycles. The van der Waals surface area contributed by atoms with E-state index in [4.69, 9.17) is 4.74 Å². The summed E-state index contributed by atoms with van der Waals surface area (Å²) in [4.78, 5) is 25.3. The van der Waals surface area contributed by atoms with Gasteiger partial charge in [0, 0.05) is 17.6 Å². The van der Waals surface area contributed by atoms with Crippen LogP contribution in [0.1, 0.15) is 13.3 Å². The number of benzene rings is 1. The van der Waals surface area contributed by atoms with Crippen LogP contribution in [-0.2, 0) is 9.59 Å². The van der Waals surface area contributed by atoms with Crippen molar-refractivity contribution in [3.63, 3.8) is 0 Å². The highest BCUT2D eigenvalue weighted by Crippen LogP contribution is 2.21. The lowest BCUT2D eigenvalue weighted by molar-refractivity contribution is -0.144. The first-order chi connectivity index (χ1) is 10.0. The SMILES string of the molecule is CCC1C(=O)NCCN1C(=O)COc1ccc(Br)cc1F. The molecule has 0 aromatic heterocycles. The lowest BCUT2D eigenvalue weighted by atomic mass is 10.1. The third kappa shape index (κ3) is 3.72. The molecule has 1 aliphatic rings. The summed E-state index contributed by atoms with van der Waals surface area (Å²) in [5.41, 5.74) is 0. The normalized spacial score (nSPS) is 18.3. The summed E-state index contributed by atoms with van der Waals surface area (Å²) >= 11 is 3.15. The number of hydrogen-bond donors (Lipinski definition) is 1. The van der Waals surface area contributed by atoms with Crippen molar-refractivity contribution in [1.82, 2.24) is 10.2 Å². The molecule has 2 amide bonds. The maximum atomic E-state index is 13.6. The number of nitrogens with zero attached hydrogens (tertiary/aromatic N) is 1. The fourth-order valence-electron chi connectivity index (χ4n) is 2.23. The van der Waals surface area contributed by atoms with Gasteiger partial charge in [-0.15, -0.1) is 0 Å². The molecule has 5 nitrogen and oxygen atoms in total. The predicted octanol–water partition coefficient (Wildman–Crippen LogP) is 1.70. The van der Waals surface area contributed by atoms with E-state index < -0.39 is 11.9 Å². The standard InChI is InChI=1S/C14H16BrFN2O3/c1-2-11-14(20)17-5-6-18(11)13(19)8-21-12-4-3-9(15)7-10(12)16/h3-4,7,11H,2,5-6,8H2,1H3,(H,17,20). The number of rotatable bonds is 4. The van der Waals surface area contributed by atoms with Gasteiger partial charge >= 0.3 is 0 Å². The summed E-state index contributed by atoms with van der Waals surface area (Å²) < 4.78 is 19.4. The Morgan fingerprint density at radius 2 is 2.33 bits per heavy atom. The van der Waals surface area contributed by atoms with E-state index in [1.54, 1.807) is 6.07 Å². The van der Waals surface area contributed by atoms with E-state index in [-0.39, 0.29) is 24.2 Å². The molecular weight excluding hydrogens is 343 g/mol. The van der Waals surface area contributed by atoms with Gasteiger partial charge in [-0.3, -0.25) is 9.59 Å². The van der Waals surface area contributed by atoms with Crippen LogP contribution in [0, 0.1) is 5.82 Å². The van der Waals surface area contributed by atoms with Crippen LogP contribution >= 0.6 is 15.9 Å². The third-order valence-electron chi connectivity index (χ3n) is 3.28. The number of amides is 2. The van der Waals surface area contributed by atoms with E-state index in [1.165, 1.54) is 17.0 Å². The number of ether oxygens (including phenoxy) is 1. The molecule has 1 heterocycles. The van der Waals surface area contributed by atoms with Crippen molar-refractivity contribution in [3.8, 4) is 5.75 Å². The molecule has 1 N–H and O–H groups in total. The Bertz CT molecular complexity index is 553. The second kappa shape index (κ2) is 6.89. The monoisotopic (exact) mass is 358 g/mol. The first-order valence-corrected chi connectivity index (χ1v) is 7.47. The van der Waals surface area contributed by atoms with E-state index in [9.17, 15) is 14.0 Å². The summed E-state index contributed by atoms with van der Waals surface area (Å²) in [7, 11) is 0. The highest BCUT2D eigenvalue weighted by Gasteiger charge is 2.31. The smallest absolute Gasteiger partial charge is 0.261 e. The molecule has 1 unspecified atom stereocenters. The minimum absolute atomic E-state index is 0.0149. The van der Waals surface area contributed by atoms with E-state index in [0.29, 0.717) is 24.0 Å². The van der Waals surface area contributed by atoms with Crippen molar-refractivity contribution in [2.24, 2.45) is 0 Å². The highest BCUT2D eigenvalue weighted by molar-refractivity contribution is 9.10. The van der Waals surface area contributed by atoms with Crippen LogP contribution in [0.3, 0.4) is 0 Å². The first-order valence-electron chi connectivity index (χ1n) is 6.68. The van der Waals surface area contributed by atoms with E-state index in [1.807, 2.05) is 6.92 Å². The molecule has 1 atom stereocenters. The van der Waals surface area contributed by atoms with Crippen LogP contribution in [-0.4, -0.2) is 42.5 Å². The molecule has 114 valence electrons. The quantitative estimate of drug-likeness (QED) is 0.891. The van der Waals surface area contributed by atoms with Crippen molar-refractivity contribution < 1.29 is 18.7 Å². The minimum atomic E-state index is -0.541. The zero-order chi connectivity index (χ0) is 15.4. The first kappa shape index (κ1) is 15.8. The number of halogens is 2. The number of hydrogen-bond acceptors (Lipinski definition) is 3. The second-order valence-corrected chi connectivity index (χ2v) is 5.58. The van der Waals surface area contributed by atoms with Crippen LogP contribution in [0.15, 0.2) is 22.7 Å². The van der Waals surface area contributed by atoms with Gasteiger partial charge in [0.2, 0.25) is 5.91 Å². The third-order valence-corrected chi connectivity index (χ3v) is 3.78. The zero-order valence-electron chi connectivity index (χ0n) is 11.6. The molecule has 1 aliphatic heterocycles. The van der Waals surface area contributed by atoms with Gasteiger partial charge in [0.15, 0.2) is 18.2 Å². The molecule has 1 saturated heterocycles. The largest absolute Gasteiger partial charge is 0.481 e. The minimum Gasteiger partial charge on any atom is -0.481 e. The van der Waals surface area contributed by atoms with Gasteiger partial charge in [-0.1, -0.05) is 22.9 Å². The molecule has 0 spiro atoms. The summed E-state index contributed by atoms with van der Waals surface area (Å²) in [5.74, 6) is -1.01. The van der Waals surface area contributed by atoms with Crippen LogP contribution in [0.5, 0.6) is 5.75 Å². The van der Waals surface area contributed by atoms with Gasteiger partial charge in [0.25, 0.3) is 5.91 Å². The number of carbonyl (C=O) groups excluding carboxylic acids is 2. The van der Waals surface area contributed by atoms with Gasteiger partial charge in [0.05, 0.1) is 0 Å². The van der Waals surface area contributed by atoms with Gasteiger partial charge in [-0.05, 0) is 24.6 Å². The topological polar surface area (TPSA) is 58.6 Å². The number of carbonyl (C=O) groups is 2. The summed E-state index contributed by atoms with van der Waals surface area (Å²) in [6.07, 6.45) is 0.532. The van der Waals surface area contributed by atoms with Crippen molar-refractivity contribution in [3.05, 3.63) is 28.5 Å². The van der Waals surface area contributed by atoms with Gasteiger partial charge < -0.3 is 15.0 Å². The molecule has 2 rings (SSSR count). The predicted molar refractivity (Wildman–Crippen MR) is 78.4 cm³/mol. The van der Waals surface area contributed by atoms with Gasteiger partial charge in [-0.25, -0.2) is 4.39 Å². The Morgan fingerprint density at radius 1 is 1.57 bits per heavy atom.